The Morgan fingerprint density at radius 2 is 2.04 bits per heavy atom. The number of rotatable bonds is 4. The van der Waals surface area contributed by atoms with Crippen LogP contribution in [0.1, 0.15) is 13.3 Å². The van der Waals surface area contributed by atoms with Crippen molar-refractivity contribution in [3.8, 4) is 11.5 Å². The second kappa shape index (κ2) is 6.81. The molecule has 148 valence electrons. The first-order chi connectivity index (χ1) is 13.5. The van der Waals surface area contributed by atoms with Crippen LogP contribution in [0.4, 0.5) is 10.5 Å². The number of benzene rings is 1. The molecule has 1 atom stereocenters. The Hall–Kier alpha value is -3.10. The number of amidine groups is 1. The van der Waals surface area contributed by atoms with Crippen LogP contribution in [0.15, 0.2) is 23.2 Å². The summed E-state index contributed by atoms with van der Waals surface area (Å²) in [5.74, 6) is 2.30. The van der Waals surface area contributed by atoms with E-state index in [1.807, 2.05) is 27.7 Å². The largest absolute Gasteiger partial charge is 0.497 e. The Bertz CT molecular complexity index is 910. The number of carbonyl (C=O) groups excluding carboxylic acids is 2. The Kier molecular flexibility index (Phi) is 4.44. The lowest BCUT2D eigenvalue weighted by Gasteiger charge is -2.34. The van der Waals surface area contributed by atoms with Crippen molar-refractivity contribution in [3.63, 3.8) is 0 Å². The van der Waals surface area contributed by atoms with Gasteiger partial charge in [-0.15, -0.1) is 0 Å². The Morgan fingerprint density at radius 3 is 2.71 bits per heavy atom. The molecule has 9 nitrogen and oxygen atoms in total. The van der Waals surface area contributed by atoms with Crippen LogP contribution in [0.25, 0.3) is 0 Å². The molecule has 0 bridgehead atoms. The van der Waals surface area contributed by atoms with E-state index in [4.69, 9.17) is 14.5 Å². The number of nitrogens with zero attached hydrogens (tertiary/aromatic N) is 5. The predicted molar refractivity (Wildman–Crippen MR) is 103 cm³/mol. The number of ether oxygens (including phenoxy) is 2. The summed E-state index contributed by atoms with van der Waals surface area (Å²) in [4.78, 5) is 35.0. The highest BCUT2D eigenvalue weighted by Crippen LogP contribution is 2.35. The van der Waals surface area contributed by atoms with Crippen LogP contribution in [-0.4, -0.2) is 85.1 Å². The molecule has 3 aliphatic rings. The minimum Gasteiger partial charge on any atom is -0.497 e. The fraction of sp³-hybridized carbons (Fsp3) is 0.474. The molecule has 3 heterocycles. The summed E-state index contributed by atoms with van der Waals surface area (Å²) in [5, 5.41) is 0. The third-order valence-electron chi connectivity index (χ3n) is 5.40. The normalized spacial score (nSPS) is 21.6. The van der Waals surface area contributed by atoms with Gasteiger partial charge in [-0.2, -0.15) is 0 Å². The number of likely N-dealkylation sites (N-methyl/N-ethyl adjacent to an activating group) is 2. The zero-order chi connectivity index (χ0) is 20.0. The molecule has 28 heavy (non-hydrogen) atoms. The number of urea groups is 1. The highest BCUT2D eigenvalue weighted by Gasteiger charge is 2.54. The van der Waals surface area contributed by atoms with Crippen LogP contribution in [0, 0.1) is 0 Å². The maximum atomic E-state index is 13.0. The molecule has 3 amide bonds. The van der Waals surface area contributed by atoms with E-state index in [1.54, 1.807) is 28.2 Å². The number of hydrogen-bond acceptors (Lipinski definition) is 6. The lowest BCUT2D eigenvalue weighted by atomic mass is 10.1. The van der Waals surface area contributed by atoms with Gasteiger partial charge in [-0.25, -0.2) is 14.3 Å². The van der Waals surface area contributed by atoms with E-state index in [1.165, 1.54) is 9.80 Å². The zero-order valence-electron chi connectivity index (χ0n) is 16.5. The van der Waals surface area contributed by atoms with Gasteiger partial charge in [0.15, 0.2) is 5.75 Å². The van der Waals surface area contributed by atoms with E-state index in [-0.39, 0.29) is 11.9 Å². The summed E-state index contributed by atoms with van der Waals surface area (Å²) in [6.07, 6.45) is 0.847. The summed E-state index contributed by atoms with van der Waals surface area (Å²) in [6.45, 7) is 3.56. The van der Waals surface area contributed by atoms with E-state index in [9.17, 15) is 9.59 Å². The molecule has 1 aromatic carbocycles. The number of anilines is 1. The van der Waals surface area contributed by atoms with E-state index in [0.717, 1.165) is 18.7 Å². The van der Waals surface area contributed by atoms with Gasteiger partial charge in [-0.3, -0.25) is 14.6 Å². The van der Waals surface area contributed by atoms with Crippen molar-refractivity contribution in [2.75, 3.05) is 45.8 Å². The molecule has 0 aliphatic carbocycles. The van der Waals surface area contributed by atoms with Crippen molar-refractivity contribution in [2.45, 2.75) is 19.4 Å². The minimum atomic E-state index is -0.572. The average Bonchev–Trinajstić information content (AvgIpc) is 3.12. The summed E-state index contributed by atoms with van der Waals surface area (Å²) in [6, 6.07) is 4.67. The molecule has 1 aromatic rings. The van der Waals surface area contributed by atoms with Crippen LogP contribution in [0.5, 0.6) is 11.5 Å². The third kappa shape index (κ3) is 2.53. The van der Waals surface area contributed by atoms with Gasteiger partial charge in [-0.05, 0) is 19.1 Å². The van der Waals surface area contributed by atoms with Crippen molar-refractivity contribution in [1.29, 1.82) is 0 Å². The van der Waals surface area contributed by atoms with Gasteiger partial charge in [-0.1, -0.05) is 4.99 Å². The first-order valence-electron chi connectivity index (χ1n) is 9.32. The van der Waals surface area contributed by atoms with E-state index in [0.29, 0.717) is 36.4 Å². The van der Waals surface area contributed by atoms with Crippen molar-refractivity contribution >= 4 is 29.4 Å². The van der Waals surface area contributed by atoms with Gasteiger partial charge in [0, 0.05) is 26.1 Å². The summed E-state index contributed by atoms with van der Waals surface area (Å²) >= 11 is 0. The number of aliphatic imine (C=N–C) groups is 1. The van der Waals surface area contributed by atoms with Crippen LogP contribution in [-0.2, 0) is 4.79 Å². The molecule has 3 aliphatic heterocycles. The standard InChI is InChI=1S/C19H24N5O4/c1-5-22-17(25)15-16(21(2)19(22)26)20-18-23(9-6-10-24(15)18)13-11-12(27-3)7-8-14(13)28-4/h7-8,11,15H,5-6,9-10H2,1-4H3/q+1. The average molecular weight is 386 g/mol. The van der Waals surface area contributed by atoms with E-state index < -0.39 is 6.04 Å². The van der Waals surface area contributed by atoms with E-state index in [2.05, 4.69) is 0 Å². The quantitative estimate of drug-likeness (QED) is 0.721. The molecule has 0 saturated carbocycles. The molecule has 9 heteroatoms. The lowest BCUT2D eigenvalue weighted by Crippen LogP contribution is -2.63. The van der Waals surface area contributed by atoms with Gasteiger partial charge >= 0.3 is 12.0 Å². The zero-order valence-corrected chi connectivity index (χ0v) is 16.5. The number of methoxy groups -OCH3 is 2. The Morgan fingerprint density at radius 1 is 1.25 bits per heavy atom. The lowest BCUT2D eigenvalue weighted by molar-refractivity contribution is -0.539. The van der Waals surface area contributed by atoms with Crippen LogP contribution < -0.4 is 14.4 Å². The van der Waals surface area contributed by atoms with Crippen molar-refractivity contribution in [3.05, 3.63) is 18.2 Å². The number of imide groups is 1. The molecule has 0 spiro atoms. The van der Waals surface area contributed by atoms with Crippen LogP contribution in [0.2, 0.25) is 0 Å². The summed E-state index contributed by atoms with van der Waals surface area (Å²) in [5.41, 5.74) is 0.818. The predicted octanol–water partition coefficient (Wildman–Crippen LogP) is 0.977. The van der Waals surface area contributed by atoms with Gasteiger partial charge in [0.25, 0.3) is 5.91 Å². The molecular weight excluding hydrogens is 362 g/mol. The van der Waals surface area contributed by atoms with Crippen molar-refractivity contribution < 1.29 is 23.6 Å². The van der Waals surface area contributed by atoms with Gasteiger partial charge < -0.3 is 9.47 Å². The summed E-state index contributed by atoms with van der Waals surface area (Å²) in [7, 11) is 4.90. The highest BCUT2D eigenvalue weighted by molar-refractivity contribution is 6.24. The fourth-order valence-corrected chi connectivity index (χ4v) is 3.98. The second-order valence-electron chi connectivity index (χ2n) is 6.83. The third-order valence-corrected chi connectivity index (χ3v) is 5.40. The Labute approximate surface area is 163 Å². The molecule has 1 unspecified atom stereocenters. The highest BCUT2D eigenvalue weighted by atomic mass is 16.5. The topological polar surface area (TPSA) is 77.7 Å². The smallest absolute Gasteiger partial charge is 0.397 e. The number of amides is 3. The molecule has 4 rings (SSSR count). The number of carbonyl (C=O) groups is 2. The van der Waals surface area contributed by atoms with Crippen LogP contribution in [0.3, 0.4) is 0 Å². The molecule has 1 fully saturated rings. The fourth-order valence-electron chi connectivity index (χ4n) is 3.98. The molecule has 0 radical (unpaired) electrons. The van der Waals surface area contributed by atoms with E-state index >= 15 is 0 Å². The minimum absolute atomic E-state index is 0.223. The molecule has 0 N–H and O–H groups in total. The summed E-state index contributed by atoms with van der Waals surface area (Å²) < 4.78 is 12.9. The maximum Gasteiger partial charge on any atom is 0.397 e. The SMILES string of the molecule is CCN1C(=O)C2C(=NC3=[N+]2CCCN3c2cc(OC)ccc2OC)N(C)C1=O. The first-order valence-corrected chi connectivity index (χ1v) is 9.32. The van der Waals surface area contributed by atoms with Crippen molar-refractivity contribution in [1.82, 2.24) is 9.80 Å². The second-order valence-corrected chi connectivity index (χ2v) is 6.83. The molecular formula is C19H24N5O4+. The number of hydrogen-bond donors (Lipinski definition) is 0. The maximum absolute atomic E-state index is 13.0. The first kappa shape index (κ1) is 18.3. The molecule has 0 aromatic heterocycles. The Balaban J connectivity index is 1.82. The van der Waals surface area contributed by atoms with Crippen molar-refractivity contribution in [2.24, 2.45) is 4.99 Å². The van der Waals surface area contributed by atoms with Gasteiger partial charge in [0.2, 0.25) is 11.9 Å². The number of guanidine groups is 1. The van der Waals surface area contributed by atoms with Gasteiger partial charge in [0.05, 0.1) is 27.3 Å². The number of fused-ring (bicyclic) bond motifs is 2. The van der Waals surface area contributed by atoms with Crippen LogP contribution >= 0.6 is 0 Å². The molecule has 1 saturated heterocycles. The van der Waals surface area contributed by atoms with Gasteiger partial charge in [0.1, 0.15) is 11.4 Å². The monoisotopic (exact) mass is 386 g/mol.